The SMILES string of the molecule is [2H]N1CCCCCO1. The number of rotatable bonds is 0. The van der Waals surface area contributed by atoms with Gasteiger partial charge in [-0.25, -0.2) is 5.47 Å². The van der Waals surface area contributed by atoms with Gasteiger partial charge >= 0.3 is 0 Å². The highest BCUT2D eigenvalue weighted by Gasteiger charge is 1.94. The molecule has 1 aliphatic rings. The molecule has 1 heterocycles. The van der Waals surface area contributed by atoms with Gasteiger partial charge in [0.2, 0.25) is 0 Å². The minimum Gasteiger partial charge on any atom is -0.302 e. The lowest BCUT2D eigenvalue weighted by Crippen LogP contribution is -2.12. The van der Waals surface area contributed by atoms with Crippen LogP contribution in [0.2, 0.25) is 1.41 Å². The average molecular weight is 102 g/mol. The average Bonchev–Trinajstić information content (AvgIpc) is 1.94. The maximum atomic E-state index is 7.02. The molecule has 42 valence electrons. The normalized spacial score (nSPS) is 28.9. The molecule has 1 aliphatic heterocycles. The standard InChI is InChI=1S/C5H11NO/c1-2-4-6-7-5-3-1/h6H,1-5H2/i/hD. The van der Waals surface area contributed by atoms with E-state index in [1.54, 1.807) is 0 Å². The monoisotopic (exact) mass is 102 g/mol. The Balaban J connectivity index is 2.17. The Hall–Kier alpha value is -0.0800. The third kappa shape index (κ3) is 1.90. The van der Waals surface area contributed by atoms with Crippen molar-refractivity contribution in [2.75, 3.05) is 13.2 Å². The summed E-state index contributed by atoms with van der Waals surface area (Å²) in [7, 11) is 0. The fourth-order valence-electron chi connectivity index (χ4n) is 0.649. The molecular weight excluding hydrogens is 90.1 g/mol. The number of nitrogens with one attached hydrogen (secondary N) is 1. The minimum atomic E-state index is 0.726. The summed E-state index contributed by atoms with van der Waals surface area (Å²) in [5, 5.41) is 0. The van der Waals surface area contributed by atoms with E-state index in [0.29, 0.717) is 0 Å². The lowest BCUT2D eigenvalue weighted by Gasteiger charge is -1.94. The van der Waals surface area contributed by atoms with Crippen molar-refractivity contribution in [3.8, 4) is 0 Å². The summed E-state index contributed by atoms with van der Waals surface area (Å²) >= 11 is 0. The van der Waals surface area contributed by atoms with Crippen LogP contribution in [0.25, 0.3) is 0 Å². The molecule has 1 N–H and O–H groups in total. The van der Waals surface area contributed by atoms with E-state index in [0.717, 1.165) is 26.0 Å². The van der Waals surface area contributed by atoms with Crippen LogP contribution < -0.4 is 5.47 Å². The highest BCUT2D eigenvalue weighted by Crippen LogP contribution is 1.96. The van der Waals surface area contributed by atoms with E-state index in [2.05, 4.69) is 0 Å². The molecule has 0 bridgehead atoms. The first-order chi connectivity index (χ1) is 3.89. The molecule has 0 unspecified atom stereocenters. The highest BCUT2D eigenvalue weighted by molar-refractivity contribution is 4.44. The first-order valence-electron chi connectivity index (χ1n) is 3.23. The van der Waals surface area contributed by atoms with Gasteiger partial charge in [-0.2, -0.15) is 0 Å². The molecule has 0 saturated carbocycles. The Morgan fingerprint density at radius 1 is 1.43 bits per heavy atom. The van der Waals surface area contributed by atoms with Gasteiger partial charge in [0.05, 0.1) is 6.61 Å². The second kappa shape index (κ2) is 2.99. The first-order valence-corrected chi connectivity index (χ1v) is 2.79. The number of hydrogen-bond donors (Lipinski definition) is 1. The zero-order valence-corrected chi connectivity index (χ0v) is 4.39. The summed E-state index contributed by atoms with van der Waals surface area (Å²) in [4.78, 5) is 4.90. The largest absolute Gasteiger partial charge is 0.302 e. The smallest absolute Gasteiger partial charge is 0.155 e. The highest BCUT2D eigenvalue weighted by atomic mass is 16.6. The Labute approximate surface area is 45.3 Å². The van der Waals surface area contributed by atoms with Gasteiger partial charge in [0.1, 0.15) is 0 Å². The maximum absolute atomic E-state index is 7.02. The summed E-state index contributed by atoms with van der Waals surface area (Å²) < 4.78 is 7.02. The summed E-state index contributed by atoms with van der Waals surface area (Å²) in [5.74, 6) is 0. The van der Waals surface area contributed by atoms with Crippen LogP contribution in [-0.4, -0.2) is 13.2 Å². The van der Waals surface area contributed by atoms with Gasteiger partial charge in [0, 0.05) is 6.54 Å². The maximum Gasteiger partial charge on any atom is 0.155 e. The van der Waals surface area contributed by atoms with Gasteiger partial charge < -0.3 is 4.84 Å². The molecule has 0 aliphatic carbocycles. The van der Waals surface area contributed by atoms with E-state index < -0.39 is 0 Å². The summed E-state index contributed by atoms with van der Waals surface area (Å²) in [5.41, 5.74) is 1.17. The van der Waals surface area contributed by atoms with Crippen LogP contribution in [0.3, 0.4) is 0 Å². The molecule has 0 aromatic rings. The van der Waals surface area contributed by atoms with Crippen molar-refractivity contribution < 1.29 is 6.25 Å². The van der Waals surface area contributed by atoms with E-state index >= 15 is 0 Å². The first kappa shape index (κ1) is 3.87. The van der Waals surface area contributed by atoms with Crippen LogP contribution in [0, 0.1) is 0 Å². The second-order valence-corrected chi connectivity index (χ2v) is 1.75. The van der Waals surface area contributed by atoms with Gasteiger partial charge in [-0.3, -0.25) is 0 Å². The third-order valence-electron chi connectivity index (χ3n) is 1.08. The van der Waals surface area contributed by atoms with Gasteiger partial charge in [-0.1, -0.05) is 0 Å². The molecule has 0 aromatic carbocycles. The topological polar surface area (TPSA) is 21.3 Å². The molecule has 2 heteroatoms. The van der Waals surface area contributed by atoms with Crippen LogP contribution in [0.4, 0.5) is 0 Å². The van der Waals surface area contributed by atoms with Crippen molar-refractivity contribution in [2.45, 2.75) is 19.3 Å². The van der Waals surface area contributed by atoms with Crippen molar-refractivity contribution >= 4 is 0 Å². The van der Waals surface area contributed by atoms with Crippen molar-refractivity contribution in [2.24, 2.45) is 0 Å². The van der Waals surface area contributed by atoms with Crippen LogP contribution >= 0.6 is 0 Å². The summed E-state index contributed by atoms with van der Waals surface area (Å²) in [6, 6.07) is 0. The van der Waals surface area contributed by atoms with E-state index in [-0.39, 0.29) is 0 Å². The molecule has 0 spiro atoms. The van der Waals surface area contributed by atoms with E-state index in [1.807, 2.05) is 0 Å². The predicted molar refractivity (Wildman–Crippen MR) is 27.8 cm³/mol. The Kier molecular flexibility index (Phi) is 1.65. The van der Waals surface area contributed by atoms with E-state index in [9.17, 15) is 0 Å². The molecule has 1 saturated heterocycles. The number of hydroxylamine groups is 1. The Morgan fingerprint density at radius 2 is 2.43 bits per heavy atom. The van der Waals surface area contributed by atoms with E-state index in [4.69, 9.17) is 6.25 Å². The van der Waals surface area contributed by atoms with Crippen LogP contribution in [0.15, 0.2) is 0 Å². The molecule has 0 aromatic heterocycles. The molecule has 0 atom stereocenters. The zero-order chi connectivity index (χ0) is 5.82. The Morgan fingerprint density at radius 3 is 3.43 bits per heavy atom. The molecular formula is C5H11NO. The lowest BCUT2D eigenvalue weighted by atomic mass is 10.2. The van der Waals surface area contributed by atoms with Crippen molar-refractivity contribution in [1.82, 2.24) is 5.47 Å². The third-order valence-corrected chi connectivity index (χ3v) is 1.08. The Bertz CT molecular complexity index is 61.4. The lowest BCUT2D eigenvalue weighted by molar-refractivity contribution is 0.0525. The summed E-state index contributed by atoms with van der Waals surface area (Å²) in [6.45, 7) is 1.49. The van der Waals surface area contributed by atoms with Gasteiger partial charge in [-0.15, -0.1) is 0 Å². The quantitative estimate of drug-likeness (QED) is 0.486. The number of hydrogen-bond acceptors (Lipinski definition) is 2. The van der Waals surface area contributed by atoms with Crippen molar-refractivity contribution in [3.63, 3.8) is 0 Å². The fourth-order valence-corrected chi connectivity index (χ4v) is 0.649. The van der Waals surface area contributed by atoms with Gasteiger partial charge in [0.15, 0.2) is 1.41 Å². The molecule has 1 rings (SSSR count). The molecule has 2 nitrogen and oxygen atoms in total. The van der Waals surface area contributed by atoms with Gasteiger partial charge in [0.25, 0.3) is 0 Å². The van der Waals surface area contributed by atoms with Crippen molar-refractivity contribution in [3.05, 3.63) is 0 Å². The molecule has 7 heavy (non-hydrogen) atoms. The van der Waals surface area contributed by atoms with Crippen LogP contribution in [0.1, 0.15) is 19.3 Å². The molecule has 0 amide bonds. The molecule has 0 radical (unpaired) electrons. The van der Waals surface area contributed by atoms with Crippen molar-refractivity contribution in [1.29, 1.82) is 0 Å². The van der Waals surface area contributed by atoms with Crippen LogP contribution in [0.5, 0.6) is 0 Å². The van der Waals surface area contributed by atoms with Crippen LogP contribution in [-0.2, 0) is 4.84 Å². The zero-order valence-electron chi connectivity index (χ0n) is 5.39. The predicted octanol–water partition coefficient (Wildman–Crippen LogP) is 0.692. The summed E-state index contributed by atoms with van der Waals surface area (Å²) in [6.07, 6.45) is 3.41. The fraction of sp³-hybridized carbons (Fsp3) is 1.00. The van der Waals surface area contributed by atoms with Gasteiger partial charge in [-0.05, 0) is 19.3 Å². The van der Waals surface area contributed by atoms with E-state index in [1.165, 1.54) is 11.9 Å². The second-order valence-electron chi connectivity index (χ2n) is 1.75. The minimum absolute atomic E-state index is 0.726. The molecule has 1 fully saturated rings.